The van der Waals surface area contributed by atoms with Gasteiger partial charge in [0.2, 0.25) is 5.91 Å². The lowest BCUT2D eigenvalue weighted by molar-refractivity contribution is -0.134. The SMILES string of the molecule is CC(c1ccccn1)N(Cc1ccccc1)C(=O)CN1C(=O)COc2cc(Br)ccc21. The van der Waals surface area contributed by atoms with Gasteiger partial charge in [0.15, 0.2) is 6.61 Å². The predicted octanol–water partition coefficient (Wildman–Crippen LogP) is 4.36. The number of ether oxygens (including phenoxy) is 1. The van der Waals surface area contributed by atoms with Crippen molar-refractivity contribution < 1.29 is 14.3 Å². The van der Waals surface area contributed by atoms with Gasteiger partial charge in [-0.3, -0.25) is 19.5 Å². The number of carbonyl (C=O) groups is 2. The first-order valence-corrected chi connectivity index (χ1v) is 10.8. The molecule has 1 aliphatic rings. The normalized spacial score (nSPS) is 13.9. The molecule has 1 atom stereocenters. The van der Waals surface area contributed by atoms with E-state index < -0.39 is 0 Å². The van der Waals surface area contributed by atoms with Crippen LogP contribution in [0.15, 0.2) is 77.4 Å². The van der Waals surface area contributed by atoms with Crippen LogP contribution in [-0.2, 0) is 16.1 Å². The minimum Gasteiger partial charge on any atom is -0.482 e. The van der Waals surface area contributed by atoms with Gasteiger partial charge < -0.3 is 9.64 Å². The summed E-state index contributed by atoms with van der Waals surface area (Å²) in [6, 6.07) is 20.6. The minimum absolute atomic E-state index is 0.0686. The second-order valence-electron chi connectivity index (χ2n) is 7.32. The number of amides is 2. The molecule has 0 bridgehead atoms. The van der Waals surface area contributed by atoms with Crippen LogP contribution in [-0.4, -0.2) is 34.8 Å². The third kappa shape index (κ3) is 4.77. The minimum atomic E-state index is -0.255. The zero-order valence-electron chi connectivity index (χ0n) is 17.1. The van der Waals surface area contributed by atoms with E-state index in [1.165, 1.54) is 4.90 Å². The fourth-order valence-corrected chi connectivity index (χ4v) is 3.92. The van der Waals surface area contributed by atoms with Crippen LogP contribution in [0.25, 0.3) is 0 Å². The maximum atomic E-state index is 13.5. The van der Waals surface area contributed by atoms with Gasteiger partial charge in [0.05, 0.1) is 17.4 Å². The molecule has 2 heterocycles. The Hall–Kier alpha value is -3.19. The number of anilines is 1. The summed E-state index contributed by atoms with van der Waals surface area (Å²) >= 11 is 3.42. The summed E-state index contributed by atoms with van der Waals surface area (Å²) in [6.45, 7) is 2.21. The molecule has 6 nitrogen and oxygen atoms in total. The Bertz CT molecular complexity index is 1080. The van der Waals surface area contributed by atoms with Crippen LogP contribution < -0.4 is 9.64 Å². The van der Waals surface area contributed by atoms with E-state index in [0.717, 1.165) is 15.7 Å². The number of fused-ring (bicyclic) bond motifs is 1. The molecule has 1 unspecified atom stereocenters. The average molecular weight is 480 g/mol. The van der Waals surface area contributed by atoms with Crippen molar-refractivity contribution in [2.24, 2.45) is 0 Å². The maximum Gasteiger partial charge on any atom is 0.265 e. The molecule has 1 aromatic heterocycles. The number of rotatable bonds is 6. The third-order valence-corrected chi connectivity index (χ3v) is 5.75. The Labute approximate surface area is 189 Å². The van der Waals surface area contributed by atoms with Crippen molar-refractivity contribution in [3.8, 4) is 5.75 Å². The van der Waals surface area contributed by atoms with Crippen LogP contribution >= 0.6 is 15.9 Å². The lowest BCUT2D eigenvalue weighted by atomic mass is 10.1. The van der Waals surface area contributed by atoms with Crippen LogP contribution in [0.3, 0.4) is 0 Å². The Morgan fingerprint density at radius 1 is 1.16 bits per heavy atom. The quantitative estimate of drug-likeness (QED) is 0.526. The monoisotopic (exact) mass is 479 g/mol. The molecule has 0 spiro atoms. The summed E-state index contributed by atoms with van der Waals surface area (Å²) in [5.74, 6) is 0.175. The van der Waals surface area contributed by atoms with E-state index in [0.29, 0.717) is 18.0 Å². The number of nitrogens with zero attached hydrogens (tertiary/aromatic N) is 3. The standard InChI is InChI=1S/C24H22BrN3O3/c1-17(20-9-5-6-12-26-20)27(14-18-7-3-2-4-8-18)23(29)15-28-21-11-10-19(25)13-22(21)31-16-24(28)30/h2-13,17H,14-16H2,1H3. The highest BCUT2D eigenvalue weighted by atomic mass is 79.9. The van der Waals surface area contributed by atoms with Gasteiger partial charge >= 0.3 is 0 Å². The summed E-state index contributed by atoms with van der Waals surface area (Å²) in [5, 5.41) is 0. The van der Waals surface area contributed by atoms with E-state index in [2.05, 4.69) is 20.9 Å². The van der Waals surface area contributed by atoms with Crippen molar-refractivity contribution in [2.45, 2.75) is 19.5 Å². The second kappa shape index (κ2) is 9.31. The molecule has 0 N–H and O–H groups in total. The van der Waals surface area contributed by atoms with E-state index in [9.17, 15) is 9.59 Å². The lowest BCUT2D eigenvalue weighted by Crippen LogP contribution is -2.47. The van der Waals surface area contributed by atoms with Crippen molar-refractivity contribution in [3.63, 3.8) is 0 Å². The Morgan fingerprint density at radius 2 is 1.94 bits per heavy atom. The summed E-state index contributed by atoms with van der Waals surface area (Å²) < 4.78 is 6.39. The Balaban J connectivity index is 1.62. The second-order valence-corrected chi connectivity index (χ2v) is 8.23. The lowest BCUT2D eigenvalue weighted by Gasteiger charge is -2.34. The largest absolute Gasteiger partial charge is 0.482 e. The molecular weight excluding hydrogens is 458 g/mol. The van der Waals surface area contributed by atoms with E-state index >= 15 is 0 Å². The number of hydrogen-bond donors (Lipinski definition) is 0. The molecule has 0 radical (unpaired) electrons. The molecule has 1 aliphatic heterocycles. The van der Waals surface area contributed by atoms with E-state index in [1.54, 1.807) is 23.2 Å². The molecule has 3 aromatic rings. The number of carbonyl (C=O) groups excluding carboxylic acids is 2. The first kappa shape index (κ1) is 21.1. The van der Waals surface area contributed by atoms with Crippen molar-refractivity contribution in [1.82, 2.24) is 9.88 Å². The zero-order valence-corrected chi connectivity index (χ0v) is 18.7. The predicted molar refractivity (Wildman–Crippen MR) is 122 cm³/mol. The maximum absolute atomic E-state index is 13.5. The van der Waals surface area contributed by atoms with E-state index in [1.807, 2.05) is 61.5 Å². The molecule has 2 aromatic carbocycles. The van der Waals surface area contributed by atoms with Gasteiger partial charge in [-0.1, -0.05) is 52.3 Å². The topological polar surface area (TPSA) is 62.7 Å². The molecule has 4 rings (SSSR count). The Kier molecular flexibility index (Phi) is 6.32. The van der Waals surface area contributed by atoms with Crippen LogP contribution in [0.1, 0.15) is 24.2 Å². The van der Waals surface area contributed by atoms with Gasteiger partial charge in [0.25, 0.3) is 5.91 Å². The van der Waals surface area contributed by atoms with Gasteiger partial charge in [-0.25, -0.2) is 0 Å². The van der Waals surface area contributed by atoms with Crippen molar-refractivity contribution in [2.75, 3.05) is 18.1 Å². The summed E-state index contributed by atoms with van der Waals surface area (Å²) in [5.41, 5.74) is 2.40. The Morgan fingerprint density at radius 3 is 2.68 bits per heavy atom. The van der Waals surface area contributed by atoms with Crippen molar-refractivity contribution in [3.05, 3.63) is 88.7 Å². The number of benzene rings is 2. The first-order chi connectivity index (χ1) is 15.0. The fourth-order valence-electron chi connectivity index (χ4n) is 3.58. The number of hydrogen-bond acceptors (Lipinski definition) is 4. The van der Waals surface area contributed by atoms with E-state index in [-0.39, 0.29) is 31.0 Å². The highest BCUT2D eigenvalue weighted by Gasteiger charge is 2.31. The highest BCUT2D eigenvalue weighted by molar-refractivity contribution is 9.10. The van der Waals surface area contributed by atoms with Gasteiger partial charge in [-0.15, -0.1) is 0 Å². The molecule has 158 valence electrons. The molecule has 0 saturated carbocycles. The summed E-state index contributed by atoms with van der Waals surface area (Å²) in [7, 11) is 0. The van der Waals surface area contributed by atoms with Gasteiger partial charge in [0.1, 0.15) is 12.3 Å². The fraction of sp³-hybridized carbons (Fsp3) is 0.208. The number of aromatic nitrogens is 1. The first-order valence-electron chi connectivity index (χ1n) is 10.00. The average Bonchev–Trinajstić information content (AvgIpc) is 2.80. The molecule has 7 heteroatoms. The smallest absolute Gasteiger partial charge is 0.265 e. The van der Waals surface area contributed by atoms with Crippen LogP contribution in [0, 0.1) is 0 Å². The molecule has 2 amide bonds. The van der Waals surface area contributed by atoms with E-state index in [4.69, 9.17) is 4.74 Å². The number of pyridine rings is 1. The van der Waals surface area contributed by atoms with Crippen LogP contribution in [0.2, 0.25) is 0 Å². The molecule has 0 aliphatic carbocycles. The zero-order chi connectivity index (χ0) is 21.8. The van der Waals surface area contributed by atoms with Crippen LogP contribution in [0.5, 0.6) is 5.75 Å². The number of halogens is 1. The van der Waals surface area contributed by atoms with Crippen molar-refractivity contribution in [1.29, 1.82) is 0 Å². The summed E-state index contributed by atoms with van der Waals surface area (Å²) in [6.07, 6.45) is 1.72. The molecular formula is C24H22BrN3O3. The van der Waals surface area contributed by atoms with Crippen molar-refractivity contribution >= 4 is 33.4 Å². The molecule has 31 heavy (non-hydrogen) atoms. The highest BCUT2D eigenvalue weighted by Crippen LogP contribution is 2.34. The van der Waals surface area contributed by atoms with Gasteiger partial charge in [-0.05, 0) is 42.8 Å². The summed E-state index contributed by atoms with van der Waals surface area (Å²) in [4.78, 5) is 33.8. The molecule has 0 fully saturated rings. The third-order valence-electron chi connectivity index (χ3n) is 5.26. The van der Waals surface area contributed by atoms with Crippen LogP contribution in [0.4, 0.5) is 5.69 Å². The molecule has 0 saturated heterocycles. The van der Waals surface area contributed by atoms with Gasteiger partial charge in [-0.2, -0.15) is 0 Å². The van der Waals surface area contributed by atoms with Gasteiger partial charge in [0, 0.05) is 17.2 Å².